The van der Waals surface area contributed by atoms with Gasteiger partial charge >= 0.3 is 12.6 Å². The van der Waals surface area contributed by atoms with E-state index in [0.29, 0.717) is 21.7 Å². The summed E-state index contributed by atoms with van der Waals surface area (Å²) < 4.78 is 37.6. The fourth-order valence-corrected chi connectivity index (χ4v) is 3.17. The highest BCUT2D eigenvalue weighted by atomic mass is 79.9. The molecular weight excluding hydrogens is 414 g/mol. The summed E-state index contributed by atoms with van der Waals surface area (Å²) >= 11 is 3.33. The van der Waals surface area contributed by atoms with Gasteiger partial charge in [0.2, 0.25) is 5.95 Å². The number of benzene rings is 1. The lowest BCUT2D eigenvalue weighted by atomic mass is 9.95. The lowest BCUT2D eigenvalue weighted by Crippen LogP contribution is -2.30. The van der Waals surface area contributed by atoms with Gasteiger partial charge in [0, 0.05) is 15.7 Å². The van der Waals surface area contributed by atoms with Crippen LogP contribution in [-0.2, 0) is 9.53 Å². The number of hydrogen-bond donors (Lipinski definition) is 1. The van der Waals surface area contributed by atoms with Gasteiger partial charge in [0.15, 0.2) is 0 Å². The number of fused-ring (bicyclic) bond motifs is 1. The molecule has 0 fully saturated rings. The standard InChI is InChI=1S/C16H15BrF2N4O3/c1-3-25-14(24)12-8(2)22-16-20-7-21-23(16)13(12)10-6-9(17)4-5-11(10)26-15(18)19/h4-7,13,15H,3H2,1-2H3,(H,20,21,22). The fraction of sp³-hybridized carbons (Fsp3) is 0.312. The van der Waals surface area contributed by atoms with Gasteiger partial charge in [0.1, 0.15) is 18.1 Å². The van der Waals surface area contributed by atoms with Gasteiger partial charge in [-0.2, -0.15) is 18.9 Å². The smallest absolute Gasteiger partial charge is 0.387 e. The van der Waals surface area contributed by atoms with Crippen LogP contribution in [-0.4, -0.2) is 34.0 Å². The highest BCUT2D eigenvalue weighted by Crippen LogP contribution is 2.40. The first-order valence-corrected chi connectivity index (χ1v) is 8.50. The van der Waals surface area contributed by atoms with Crippen molar-refractivity contribution in [2.75, 3.05) is 11.9 Å². The molecule has 1 aromatic heterocycles. The molecule has 2 aromatic rings. The Hall–Kier alpha value is -2.49. The van der Waals surface area contributed by atoms with Gasteiger partial charge in [-0.3, -0.25) is 0 Å². The van der Waals surface area contributed by atoms with E-state index in [4.69, 9.17) is 4.74 Å². The average molecular weight is 429 g/mol. The number of carbonyl (C=O) groups is 1. The maximum absolute atomic E-state index is 12.9. The maximum atomic E-state index is 12.9. The Bertz CT molecular complexity index is 869. The van der Waals surface area contributed by atoms with E-state index in [9.17, 15) is 13.6 Å². The highest BCUT2D eigenvalue weighted by Gasteiger charge is 2.36. The lowest BCUT2D eigenvalue weighted by molar-refractivity contribution is -0.139. The number of rotatable bonds is 5. The van der Waals surface area contributed by atoms with Crippen LogP contribution in [0.3, 0.4) is 0 Å². The Morgan fingerprint density at radius 1 is 1.46 bits per heavy atom. The number of carbonyl (C=O) groups excluding carboxylic acids is 1. The van der Waals surface area contributed by atoms with Gasteiger partial charge < -0.3 is 14.8 Å². The van der Waals surface area contributed by atoms with Crippen molar-refractivity contribution < 1.29 is 23.0 Å². The molecule has 0 saturated heterocycles. The minimum absolute atomic E-state index is 0.0638. The molecule has 2 heterocycles. The third kappa shape index (κ3) is 3.41. The van der Waals surface area contributed by atoms with Crippen LogP contribution in [0.1, 0.15) is 25.5 Å². The molecule has 3 rings (SSSR count). The minimum Gasteiger partial charge on any atom is -0.463 e. The van der Waals surface area contributed by atoms with Crippen LogP contribution < -0.4 is 10.1 Å². The SMILES string of the molecule is CCOC(=O)C1=C(C)Nc2ncnn2C1c1cc(Br)ccc1OC(F)F. The maximum Gasteiger partial charge on any atom is 0.387 e. The zero-order valence-electron chi connectivity index (χ0n) is 13.9. The molecular formula is C16H15BrF2N4O3. The molecule has 1 aromatic carbocycles. The lowest BCUT2D eigenvalue weighted by Gasteiger charge is -2.29. The third-order valence-corrected chi connectivity index (χ3v) is 4.27. The van der Waals surface area contributed by atoms with E-state index in [1.54, 1.807) is 26.0 Å². The van der Waals surface area contributed by atoms with Gasteiger partial charge in [0.25, 0.3) is 0 Å². The number of ether oxygens (including phenoxy) is 2. The zero-order chi connectivity index (χ0) is 18.8. The molecule has 0 saturated carbocycles. The summed E-state index contributed by atoms with van der Waals surface area (Å²) in [7, 11) is 0. The normalized spacial score (nSPS) is 16.3. The van der Waals surface area contributed by atoms with Crippen molar-refractivity contribution in [3.8, 4) is 5.75 Å². The number of aromatic nitrogens is 3. The molecule has 1 aliphatic rings. The summed E-state index contributed by atoms with van der Waals surface area (Å²) in [4.78, 5) is 16.6. The van der Waals surface area contributed by atoms with E-state index in [-0.39, 0.29) is 17.9 Å². The predicted molar refractivity (Wildman–Crippen MR) is 91.9 cm³/mol. The first kappa shape index (κ1) is 18.3. The predicted octanol–water partition coefficient (Wildman–Crippen LogP) is 3.49. The van der Waals surface area contributed by atoms with Crippen LogP contribution in [0.4, 0.5) is 14.7 Å². The summed E-state index contributed by atoms with van der Waals surface area (Å²) in [5.41, 5.74) is 1.06. The Morgan fingerprint density at radius 3 is 2.92 bits per heavy atom. The highest BCUT2D eigenvalue weighted by molar-refractivity contribution is 9.10. The average Bonchev–Trinajstić information content (AvgIpc) is 3.03. The third-order valence-electron chi connectivity index (χ3n) is 3.77. The minimum atomic E-state index is -3.01. The zero-order valence-corrected chi connectivity index (χ0v) is 15.5. The molecule has 0 bridgehead atoms. The van der Waals surface area contributed by atoms with Gasteiger partial charge in [-0.1, -0.05) is 15.9 Å². The molecule has 1 aliphatic heterocycles. The number of anilines is 1. The second-order valence-corrected chi connectivity index (χ2v) is 6.29. The molecule has 10 heteroatoms. The van der Waals surface area contributed by atoms with E-state index in [1.807, 2.05) is 0 Å². The second kappa shape index (κ2) is 7.40. The van der Waals surface area contributed by atoms with E-state index in [0.717, 1.165) is 0 Å². The van der Waals surface area contributed by atoms with Crippen LogP contribution in [0.15, 0.2) is 40.3 Å². The van der Waals surface area contributed by atoms with Gasteiger partial charge in [-0.05, 0) is 32.0 Å². The van der Waals surface area contributed by atoms with Crippen LogP contribution in [0, 0.1) is 0 Å². The number of hydrogen-bond acceptors (Lipinski definition) is 6. The summed E-state index contributed by atoms with van der Waals surface area (Å²) in [6.07, 6.45) is 1.31. The molecule has 7 nitrogen and oxygen atoms in total. The van der Waals surface area contributed by atoms with Crippen LogP contribution in [0.5, 0.6) is 5.75 Å². The van der Waals surface area contributed by atoms with Crippen LogP contribution in [0.2, 0.25) is 0 Å². The molecule has 0 aliphatic carbocycles. The van der Waals surface area contributed by atoms with E-state index in [1.165, 1.54) is 17.1 Å². The number of esters is 1. The number of nitrogens with one attached hydrogen (secondary N) is 1. The molecule has 1 N–H and O–H groups in total. The van der Waals surface area contributed by atoms with Crippen molar-refractivity contribution in [2.24, 2.45) is 0 Å². The van der Waals surface area contributed by atoms with Crippen molar-refractivity contribution in [1.82, 2.24) is 14.8 Å². The van der Waals surface area contributed by atoms with Crippen LogP contribution >= 0.6 is 15.9 Å². The molecule has 0 spiro atoms. The molecule has 138 valence electrons. The van der Waals surface area contributed by atoms with E-state index >= 15 is 0 Å². The van der Waals surface area contributed by atoms with E-state index in [2.05, 4.69) is 36.1 Å². The summed E-state index contributed by atoms with van der Waals surface area (Å²) in [5.74, 6) is -0.263. The fourth-order valence-electron chi connectivity index (χ4n) is 2.79. The molecule has 1 atom stereocenters. The quantitative estimate of drug-likeness (QED) is 0.734. The number of allylic oxidation sites excluding steroid dienone is 1. The number of halogens is 3. The Kier molecular flexibility index (Phi) is 5.21. The van der Waals surface area contributed by atoms with Gasteiger partial charge in [0.05, 0.1) is 12.2 Å². The molecule has 0 radical (unpaired) electrons. The summed E-state index contributed by atoms with van der Waals surface area (Å²) in [6.45, 7) is 0.529. The number of alkyl halides is 2. The first-order chi connectivity index (χ1) is 12.4. The van der Waals surface area contributed by atoms with Crippen LogP contribution in [0.25, 0.3) is 0 Å². The summed E-state index contributed by atoms with van der Waals surface area (Å²) in [5, 5.41) is 7.11. The van der Waals surface area contributed by atoms with Gasteiger partial charge in [-0.25, -0.2) is 9.48 Å². The Balaban J connectivity index is 2.20. The van der Waals surface area contributed by atoms with Crippen molar-refractivity contribution in [3.63, 3.8) is 0 Å². The van der Waals surface area contributed by atoms with Gasteiger partial charge in [-0.15, -0.1) is 0 Å². The molecule has 1 unspecified atom stereocenters. The monoisotopic (exact) mass is 428 g/mol. The Labute approximate surface area is 156 Å². The Morgan fingerprint density at radius 2 is 2.23 bits per heavy atom. The van der Waals surface area contributed by atoms with Crippen molar-refractivity contribution in [2.45, 2.75) is 26.5 Å². The molecule has 26 heavy (non-hydrogen) atoms. The topological polar surface area (TPSA) is 78.3 Å². The largest absolute Gasteiger partial charge is 0.463 e. The van der Waals surface area contributed by atoms with E-state index < -0.39 is 18.6 Å². The van der Waals surface area contributed by atoms with Crippen molar-refractivity contribution in [3.05, 3.63) is 45.8 Å². The number of nitrogens with zero attached hydrogens (tertiary/aromatic N) is 3. The summed E-state index contributed by atoms with van der Waals surface area (Å²) in [6, 6.07) is 3.75. The molecule has 0 amide bonds. The van der Waals surface area contributed by atoms with Crippen molar-refractivity contribution in [1.29, 1.82) is 0 Å². The van der Waals surface area contributed by atoms with Crippen molar-refractivity contribution >= 4 is 27.8 Å². The first-order valence-electron chi connectivity index (χ1n) is 7.71. The second-order valence-electron chi connectivity index (χ2n) is 5.38.